The highest BCUT2D eigenvalue weighted by atomic mass is 16.6. The van der Waals surface area contributed by atoms with Crippen LogP contribution in [-0.4, -0.2) is 35.8 Å². The summed E-state index contributed by atoms with van der Waals surface area (Å²) in [6.07, 6.45) is 8.70. The van der Waals surface area contributed by atoms with Gasteiger partial charge in [0.15, 0.2) is 0 Å². The minimum Gasteiger partial charge on any atom is -0.444 e. The molecule has 0 unspecified atom stereocenters. The van der Waals surface area contributed by atoms with Gasteiger partial charge < -0.3 is 14.4 Å². The van der Waals surface area contributed by atoms with Crippen LogP contribution in [0.5, 0.6) is 0 Å². The lowest BCUT2D eigenvalue weighted by Gasteiger charge is -2.30. The number of benzene rings is 1. The predicted octanol–water partition coefficient (Wildman–Crippen LogP) is 5.91. The standard InChI is InChI=1S/C24H30N2O4/c1-6-8-11-21(7-2)29-22(27)25-20-14-12-18(13-15-20)19-10-9-16-26(17-19)23(28)30-24(3,4)5/h6-8,10-15H,2,9,16-17H2,1,3-5H3,(H,25,27)/b8-6-,21-11+. The molecule has 1 N–H and O–H groups in total. The van der Waals surface area contributed by atoms with Gasteiger partial charge in [0, 0.05) is 18.8 Å². The number of allylic oxidation sites excluding steroid dienone is 4. The monoisotopic (exact) mass is 410 g/mol. The van der Waals surface area contributed by atoms with Crippen LogP contribution < -0.4 is 5.32 Å². The fourth-order valence-corrected chi connectivity index (χ4v) is 2.79. The molecule has 0 saturated heterocycles. The van der Waals surface area contributed by atoms with Crippen molar-refractivity contribution in [2.45, 2.75) is 39.7 Å². The number of ether oxygens (including phenoxy) is 2. The molecule has 2 amide bonds. The molecule has 6 nitrogen and oxygen atoms in total. The lowest BCUT2D eigenvalue weighted by atomic mass is 10.0. The number of nitrogens with zero attached hydrogens (tertiary/aromatic N) is 1. The van der Waals surface area contributed by atoms with Crippen molar-refractivity contribution in [1.29, 1.82) is 0 Å². The van der Waals surface area contributed by atoms with Crippen molar-refractivity contribution in [3.63, 3.8) is 0 Å². The van der Waals surface area contributed by atoms with Crippen LogP contribution in [0.1, 0.15) is 39.7 Å². The Hall–Kier alpha value is -3.28. The Morgan fingerprint density at radius 3 is 2.50 bits per heavy atom. The zero-order valence-corrected chi connectivity index (χ0v) is 18.1. The summed E-state index contributed by atoms with van der Waals surface area (Å²) in [7, 11) is 0. The Kier molecular flexibility index (Phi) is 8.04. The summed E-state index contributed by atoms with van der Waals surface area (Å²) in [4.78, 5) is 26.1. The molecule has 1 aliphatic heterocycles. The third-order valence-electron chi connectivity index (χ3n) is 4.17. The van der Waals surface area contributed by atoms with Crippen LogP contribution in [-0.2, 0) is 9.47 Å². The molecule has 1 heterocycles. The summed E-state index contributed by atoms with van der Waals surface area (Å²) < 4.78 is 10.7. The molecular formula is C24H30N2O4. The van der Waals surface area contributed by atoms with E-state index in [1.807, 2.05) is 45.9 Å². The van der Waals surface area contributed by atoms with E-state index in [1.165, 1.54) is 6.08 Å². The third kappa shape index (κ3) is 7.28. The summed E-state index contributed by atoms with van der Waals surface area (Å²) in [5, 5.41) is 2.69. The van der Waals surface area contributed by atoms with E-state index >= 15 is 0 Å². The van der Waals surface area contributed by atoms with Gasteiger partial charge in [-0.1, -0.05) is 36.9 Å². The van der Waals surface area contributed by atoms with E-state index in [4.69, 9.17) is 9.47 Å². The van der Waals surface area contributed by atoms with Gasteiger partial charge in [0.1, 0.15) is 11.4 Å². The molecule has 0 saturated carbocycles. The van der Waals surface area contributed by atoms with E-state index in [2.05, 4.69) is 18.0 Å². The molecular weight excluding hydrogens is 380 g/mol. The molecule has 0 bridgehead atoms. The van der Waals surface area contributed by atoms with Gasteiger partial charge in [-0.3, -0.25) is 5.32 Å². The molecule has 1 aliphatic rings. The Morgan fingerprint density at radius 2 is 1.90 bits per heavy atom. The molecule has 0 atom stereocenters. The minimum atomic E-state index is -0.591. The van der Waals surface area contributed by atoms with E-state index in [9.17, 15) is 9.59 Å². The van der Waals surface area contributed by atoms with Crippen LogP contribution in [0.2, 0.25) is 0 Å². The Morgan fingerprint density at radius 1 is 1.20 bits per heavy atom. The lowest BCUT2D eigenvalue weighted by molar-refractivity contribution is 0.0273. The number of nitrogens with one attached hydrogen (secondary N) is 1. The summed E-state index contributed by atoms with van der Waals surface area (Å²) in [5.74, 6) is 0.358. The maximum Gasteiger partial charge on any atom is 0.417 e. The van der Waals surface area contributed by atoms with E-state index < -0.39 is 11.7 Å². The number of anilines is 1. The molecule has 1 aromatic carbocycles. The highest BCUT2D eigenvalue weighted by Gasteiger charge is 2.24. The van der Waals surface area contributed by atoms with Gasteiger partial charge in [-0.2, -0.15) is 0 Å². The van der Waals surface area contributed by atoms with Crippen LogP contribution in [0.4, 0.5) is 15.3 Å². The number of rotatable bonds is 5. The average Bonchev–Trinajstić information content (AvgIpc) is 2.70. The van der Waals surface area contributed by atoms with Crippen molar-refractivity contribution in [1.82, 2.24) is 4.90 Å². The van der Waals surface area contributed by atoms with Crippen molar-refractivity contribution in [3.8, 4) is 0 Å². The van der Waals surface area contributed by atoms with Crippen LogP contribution in [0.25, 0.3) is 5.57 Å². The van der Waals surface area contributed by atoms with Gasteiger partial charge in [0.2, 0.25) is 0 Å². The quantitative estimate of drug-likeness (QED) is 0.484. The highest BCUT2D eigenvalue weighted by Crippen LogP contribution is 2.24. The molecule has 160 valence electrons. The summed E-state index contributed by atoms with van der Waals surface area (Å²) in [5.41, 5.74) is 2.12. The second-order valence-electron chi connectivity index (χ2n) is 7.81. The molecule has 30 heavy (non-hydrogen) atoms. The maximum atomic E-state index is 12.3. The van der Waals surface area contributed by atoms with Crippen molar-refractivity contribution in [3.05, 3.63) is 72.5 Å². The summed E-state index contributed by atoms with van der Waals surface area (Å²) in [6, 6.07) is 7.41. The second-order valence-corrected chi connectivity index (χ2v) is 7.81. The van der Waals surface area contributed by atoms with Gasteiger partial charge in [-0.15, -0.1) is 0 Å². The van der Waals surface area contributed by atoms with Gasteiger partial charge in [-0.25, -0.2) is 9.59 Å². The number of carbonyl (C=O) groups excluding carboxylic acids is 2. The first-order valence-corrected chi connectivity index (χ1v) is 9.93. The van der Waals surface area contributed by atoms with Crippen LogP contribution in [0.3, 0.4) is 0 Å². The fraction of sp³-hybridized carbons (Fsp3) is 0.333. The first-order valence-electron chi connectivity index (χ1n) is 9.93. The fourth-order valence-electron chi connectivity index (χ4n) is 2.79. The van der Waals surface area contributed by atoms with Gasteiger partial charge >= 0.3 is 12.2 Å². The molecule has 0 radical (unpaired) electrons. The van der Waals surface area contributed by atoms with Crippen LogP contribution in [0.15, 0.2) is 67.0 Å². The number of amides is 2. The zero-order chi connectivity index (χ0) is 22.1. The van der Waals surface area contributed by atoms with Gasteiger partial charge in [-0.05, 0) is 69.5 Å². The summed E-state index contributed by atoms with van der Waals surface area (Å²) in [6.45, 7) is 12.2. The predicted molar refractivity (Wildman–Crippen MR) is 120 cm³/mol. The average molecular weight is 411 g/mol. The van der Waals surface area contributed by atoms with Crippen molar-refractivity contribution >= 4 is 23.4 Å². The van der Waals surface area contributed by atoms with Crippen LogP contribution >= 0.6 is 0 Å². The van der Waals surface area contributed by atoms with E-state index in [0.717, 1.165) is 17.6 Å². The Balaban J connectivity index is 1.98. The maximum absolute atomic E-state index is 12.3. The molecule has 6 heteroatoms. The van der Waals surface area contributed by atoms with Gasteiger partial charge in [0.25, 0.3) is 0 Å². The smallest absolute Gasteiger partial charge is 0.417 e. The van der Waals surface area contributed by atoms with E-state index in [1.54, 1.807) is 29.2 Å². The highest BCUT2D eigenvalue weighted by molar-refractivity contribution is 5.86. The summed E-state index contributed by atoms with van der Waals surface area (Å²) >= 11 is 0. The Labute approximate surface area is 178 Å². The molecule has 0 aromatic heterocycles. The molecule has 1 aromatic rings. The van der Waals surface area contributed by atoms with Crippen LogP contribution in [0, 0.1) is 0 Å². The van der Waals surface area contributed by atoms with Crippen molar-refractivity contribution in [2.75, 3.05) is 18.4 Å². The minimum absolute atomic E-state index is 0.307. The normalized spacial score (nSPS) is 14.9. The first kappa shape index (κ1) is 23.0. The number of carbonyl (C=O) groups is 2. The second kappa shape index (κ2) is 10.5. The van der Waals surface area contributed by atoms with Crippen molar-refractivity contribution in [2.24, 2.45) is 0 Å². The molecule has 0 aliphatic carbocycles. The third-order valence-corrected chi connectivity index (χ3v) is 4.17. The van der Waals surface area contributed by atoms with E-state index in [-0.39, 0.29) is 6.09 Å². The van der Waals surface area contributed by atoms with Crippen molar-refractivity contribution < 1.29 is 19.1 Å². The largest absolute Gasteiger partial charge is 0.444 e. The first-order chi connectivity index (χ1) is 14.2. The SMILES string of the molecule is C=C/C(=C\C=C/C)OC(=O)Nc1ccc(C2=CCCN(C(=O)OC(C)(C)C)C2)cc1. The molecule has 2 rings (SSSR count). The Bertz CT molecular complexity index is 858. The number of hydrogen-bond donors (Lipinski definition) is 1. The topological polar surface area (TPSA) is 67.9 Å². The lowest BCUT2D eigenvalue weighted by Crippen LogP contribution is -2.39. The molecule has 0 spiro atoms. The number of hydrogen-bond acceptors (Lipinski definition) is 4. The van der Waals surface area contributed by atoms with E-state index in [0.29, 0.717) is 24.5 Å². The van der Waals surface area contributed by atoms with Gasteiger partial charge in [0.05, 0.1) is 0 Å². The zero-order valence-electron chi connectivity index (χ0n) is 18.1. The molecule has 0 fully saturated rings.